The van der Waals surface area contributed by atoms with Gasteiger partial charge >= 0.3 is 12.4 Å². The first kappa shape index (κ1) is 22.6. The molecule has 0 radical (unpaired) electrons. The monoisotopic (exact) mass is 470 g/mol. The molecule has 3 heterocycles. The zero-order chi connectivity index (χ0) is 24.1. The maximum Gasteiger partial charge on any atom is 0.416 e. The molecule has 0 N–H and O–H groups in total. The minimum atomic E-state index is -4.98. The molecule has 174 valence electrons. The highest BCUT2D eigenvalue weighted by Gasteiger charge is 2.37. The summed E-state index contributed by atoms with van der Waals surface area (Å²) in [6.45, 7) is 1.25. The van der Waals surface area contributed by atoms with Crippen LogP contribution < -0.4 is 5.56 Å². The van der Waals surface area contributed by atoms with Crippen LogP contribution in [0, 0.1) is 6.92 Å². The van der Waals surface area contributed by atoms with Crippen LogP contribution in [0.15, 0.2) is 47.7 Å². The summed E-state index contributed by atoms with van der Waals surface area (Å²) >= 11 is 0. The van der Waals surface area contributed by atoms with Gasteiger partial charge in [0, 0.05) is 25.8 Å². The predicted octanol–water partition coefficient (Wildman–Crippen LogP) is 4.04. The van der Waals surface area contributed by atoms with Gasteiger partial charge in [0.2, 0.25) is 0 Å². The lowest BCUT2D eigenvalue weighted by Gasteiger charge is -2.30. The van der Waals surface area contributed by atoms with Gasteiger partial charge in [0.15, 0.2) is 0 Å². The third kappa shape index (κ3) is 4.37. The molecule has 0 aliphatic carbocycles. The van der Waals surface area contributed by atoms with Crippen LogP contribution >= 0.6 is 0 Å². The number of fused-ring (bicyclic) bond motifs is 1. The van der Waals surface area contributed by atoms with E-state index in [0.717, 1.165) is 4.90 Å². The van der Waals surface area contributed by atoms with E-state index in [9.17, 15) is 35.9 Å². The van der Waals surface area contributed by atoms with Gasteiger partial charge in [-0.15, -0.1) is 0 Å². The molecule has 1 aliphatic heterocycles. The third-order valence-corrected chi connectivity index (χ3v) is 5.26. The summed E-state index contributed by atoms with van der Waals surface area (Å²) in [7, 11) is 0. The first-order valence-corrected chi connectivity index (χ1v) is 9.67. The first-order valence-electron chi connectivity index (χ1n) is 9.67. The number of nitrogens with zero attached hydrogens (tertiary/aromatic N) is 4. The Bertz CT molecular complexity index is 1260. The molecule has 33 heavy (non-hydrogen) atoms. The van der Waals surface area contributed by atoms with Crippen LogP contribution in [0.2, 0.25) is 0 Å². The van der Waals surface area contributed by atoms with Crippen LogP contribution in [0.25, 0.3) is 5.69 Å². The maximum atomic E-state index is 13.1. The average Bonchev–Trinajstić information content (AvgIpc) is 3.15. The molecule has 6 nitrogen and oxygen atoms in total. The van der Waals surface area contributed by atoms with Crippen LogP contribution in [0.1, 0.15) is 32.9 Å². The fourth-order valence-corrected chi connectivity index (χ4v) is 3.69. The van der Waals surface area contributed by atoms with Crippen molar-refractivity contribution >= 4 is 5.91 Å². The molecule has 0 fully saturated rings. The number of carbonyl (C=O) groups excluding carboxylic acids is 1. The van der Waals surface area contributed by atoms with E-state index in [1.165, 1.54) is 27.6 Å². The molecule has 2 aromatic heterocycles. The van der Waals surface area contributed by atoms with Crippen molar-refractivity contribution in [2.24, 2.45) is 0 Å². The van der Waals surface area contributed by atoms with Crippen molar-refractivity contribution in [2.75, 3.05) is 6.54 Å². The molecule has 3 aromatic rings. The Labute approximate surface area is 182 Å². The van der Waals surface area contributed by atoms with Gasteiger partial charge in [-0.3, -0.25) is 9.59 Å². The second-order valence-electron chi connectivity index (χ2n) is 7.62. The summed E-state index contributed by atoms with van der Waals surface area (Å²) in [5.41, 5.74) is -2.74. The van der Waals surface area contributed by atoms with E-state index in [2.05, 4.69) is 4.98 Å². The summed E-state index contributed by atoms with van der Waals surface area (Å²) < 4.78 is 81.5. The Morgan fingerprint density at radius 2 is 1.58 bits per heavy atom. The van der Waals surface area contributed by atoms with Crippen molar-refractivity contribution in [3.8, 4) is 5.69 Å². The highest BCUT2D eigenvalue weighted by Crippen LogP contribution is 2.36. The van der Waals surface area contributed by atoms with Crippen molar-refractivity contribution in [1.29, 1.82) is 0 Å². The summed E-state index contributed by atoms with van der Waals surface area (Å²) in [4.78, 5) is 30.9. The molecule has 0 atom stereocenters. The number of imidazole rings is 1. The average molecular weight is 470 g/mol. The van der Waals surface area contributed by atoms with E-state index < -0.39 is 41.5 Å². The molecule has 0 saturated carbocycles. The fourth-order valence-electron chi connectivity index (χ4n) is 3.69. The van der Waals surface area contributed by atoms with Gasteiger partial charge in [-0.05, 0) is 42.8 Å². The number of pyridine rings is 1. The molecule has 0 spiro atoms. The SMILES string of the molecule is Cc1cn(-c2ccc3n(c2=O)CCN(Cc2cc(C(F)(F)F)cc(C(F)(F)F)c2)C3=O)cn1. The van der Waals surface area contributed by atoms with E-state index in [1.54, 1.807) is 13.1 Å². The predicted molar refractivity (Wildman–Crippen MR) is 104 cm³/mol. The van der Waals surface area contributed by atoms with Gasteiger partial charge in [-0.25, -0.2) is 4.98 Å². The molecule has 0 saturated heterocycles. The Morgan fingerprint density at radius 1 is 0.939 bits per heavy atom. The summed E-state index contributed by atoms with van der Waals surface area (Å²) in [6.07, 6.45) is -6.89. The Hall–Kier alpha value is -3.57. The van der Waals surface area contributed by atoms with Crippen molar-refractivity contribution in [3.63, 3.8) is 0 Å². The van der Waals surface area contributed by atoms with Crippen LogP contribution in [0.3, 0.4) is 0 Å². The summed E-state index contributed by atoms with van der Waals surface area (Å²) in [6, 6.07) is 4.04. The first-order chi connectivity index (χ1) is 15.3. The Balaban J connectivity index is 1.66. The standard InChI is InChI=1S/C21H16F6N4O2/c1-12-9-30(11-28-12)16-2-3-17-18(32)29(4-5-31(17)19(16)33)10-13-6-14(20(22,23)24)8-15(7-13)21(25,26)27/h2-3,6-9,11H,4-5,10H2,1H3. The molecule has 12 heteroatoms. The summed E-state index contributed by atoms with van der Waals surface area (Å²) in [5.74, 6) is -0.669. The van der Waals surface area contributed by atoms with E-state index in [4.69, 9.17) is 0 Å². The number of carbonyl (C=O) groups is 1. The topological polar surface area (TPSA) is 60.1 Å². The molecule has 0 unspecified atom stereocenters. The normalized spacial score (nSPS) is 14.5. The number of aromatic nitrogens is 3. The molecular weight excluding hydrogens is 454 g/mol. The molecule has 1 amide bonds. The van der Waals surface area contributed by atoms with E-state index >= 15 is 0 Å². The zero-order valence-corrected chi connectivity index (χ0v) is 17.0. The molecular formula is C21H16F6N4O2. The number of hydrogen-bond donors (Lipinski definition) is 0. The number of hydrogen-bond acceptors (Lipinski definition) is 3. The molecule has 0 bridgehead atoms. The minimum absolute atomic E-state index is 0.00476. The molecule has 1 aliphatic rings. The number of rotatable bonds is 3. The number of aryl methyl sites for hydroxylation is 1. The number of amides is 1. The van der Waals surface area contributed by atoms with Crippen LogP contribution in [0.4, 0.5) is 26.3 Å². The van der Waals surface area contributed by atoms with Crippen LogP contribution in [0.5, 0.6) is 0 Å². The van der Waals surface area contributed by atoms with Crippen LogP contribution in [-0.4, -0.2) is 31.5 Å². The van der Waals surface area contributed by atoms with Gasteiger partial charge in [0.05, 0.1) is 23.1 Å². The zero-order valence-electron chi connectivity index (χ0n) is 17.0. The van der Waals surface area contributed by atoms with Crippen molar-refractivity contribution in [2.45, 2.75) is 32.4 Å². The highest BCUT2D eigenvalue weighted by molar-refractivity contribution is 5.93. The molecule has 4 rings (SSSR count). The van der Waals surface area contributed by atoms with Gasteiger partial charge in [-0.2, -0.15) is 26.3 Å². The van der Waals surface area contributed by atoms with Crippen molar-refractivity contribution < 1.29 is 31.1 Å². The Morgan fingerprint density at radius 3 is 2.12 bits per heavy atom. The van der Waals surface area contributed by atoms with Crippen molar-refractivity contribution in [3.05, 3.63) is 81.3 Å². The maximum absolute atomic E-state index is 13.1. The highest BCUT2D eigenvalue weighted by atomic mass is 19.4. The summed E-state index contributed by atoms with van der Waals surface area (Å²) in [5, 5.41) is 0. The lowest BCUT2D eigenvalue weighted by molar-refractivity contribution is -0.143. The minimum Gasteiger partial charge on any atom is -0.331 e. The molecule has 1 aromatic carbocycles. The van der Waals surface area contributed by atoms with E-state index in [0.29, 0.717) is 17.8 Å². The van der Waals surface area contributed by atoms with Gasteiger partial charge in [0.25, 0.3) is 11.5 Å². The van der Waals surface area contributed by atoms with Gasteiger partial charge < -0.3 is 14.0 Å². The van der Waals surface area contributed by atoms with Gasteiger partial charge in [0.1, 0.15) is 11.4 Å². The smallest absolute Gasteiger partial charge is 0.331 e. The Kier molecular flexibility index (Phi) is 5.33. The van der Waals surface area contributed by atoms with Crippen LogP contribution in [-0.2, 0) is 25.4 Å². The quantitative estimate of drug-likeness (QED) is 0.543. The second kappa shape index (κ2) is 7.78. The van der Waals surface area contributed by atoms with E-state index in [1.807, 2.05) is 0 Å². The second-order valence-corrected chi connectivity index (χ2v) is 7.62. The van der Waals surface area contributed by atoms with E-state index in [-0.39, 0.29) is 36.1 Å². The number of alkyl halides is 6. The third-order valence-electron chi connectivity index (χ3n) is 5.26. The number of benzene rings is 1. The van der Waals surface area contributed by atoms with Crippen molar-refractivity contribution in [1.82, 2.24) is 19.0 Å². The fraction of sp³-hybridized carbons (Fsp3) is 0.286. The number of halogens is 6. The lowest BCUT2D eigenvalue weighted by Crippen LogP contribution is -2.44. The lowest BCUT2D eigenvalue weighted by atomic mass is 10.0. The van der Waals surface area contributed by atoms with Gasteiger partial charge in [-0.1, -0.05) is 0 Å². The largest absolute Gasteiger partial charge is 0.416 e.